The first kappa shape index (κ1) is 29.4. The molecule has 0 radical (unpaired) electrons. The molecular formula is C26H34O9. The van der Waals surface area contributed by atoms with Gasteiger partial charge in [0.1, 0.15) is 0 Å². The summed E-state index contributed by atoms with van der Waals surface area (Å²) in [6.07, 6.45) is 1.16. The van der Waals surface area contributed by atoms with E-state index in [-0.39, 0.29) is 24.1 Å². The van der Waals surface area contributed by atoms with Crippen LogP contribution in [0.5, 0.6) is 23.0 Å². The Balaban J connectivity index is 0.000000355. The lowest BCUT2D eigenvalue weighted by atomic mass is 10.1. The van der Waals surface area contributed by atoms with Crippen molar-refractivity contribution in [2.45, 2.75) is 33.6 Å². The number of benzene rings is 2. The van der Waals surface area contributed by atoms with Crippen LogP contribution in [0.4, 0.5) is 0 Å². The number of ketones is 2. The van der Waals surface area contributed by atoms with E-state index in [1.165, 1.54) is 35.0 Å². The summed E-state index contributed by atoms with van der Waals surface area (Å²) in [4.78, 5) is 33.0. The molecule has 1 N–H and O–H groups in total. The van der Waals surface area contributed by atoms with Gasteiger partial charge in [-0.3, -0.25) is 14.4 Å². The molecule has 0 unspecified atom stereocenters. The largest absolute Gasteiger partial charge is 0.493 e. The first-order valence-corrected chi connectivity index (χ1v) is 11.1. The molecule has 0 aromatic heterocycles. The second-order valence-electron chi connectivity index (χ2n) is 7.31. The number of Topliss-reactive ketones (excluding diaryl/α,β-unsaturated/α-hetero) is 2. The van der Waals surface area contributed by atoms with Crippen LogP contribution in [0.3, 0.4) is 0 Å². The quantitative estimate of drug-likeness (QED) is 0.253. The molecule has 0 heterocycles. The van der Waals surface area contributed by atoms with Gasteiger partial charge in [0.05, 0.1) is 34.0 Å². The normalized spacial score (nSPS) is 9.89. The van der Waals surface area contributed by atoms with Crippen molar-refractivity contribution in [1.29, 1.82) is 0 Å². The number of carbonyl (C=O) groups is 3. The van der Waals surface area contributed by atoms with Crippen LogP contribution in [0, 0.1) is 0 Å². The van der Waals surface area contributed by atoms with Gasteiger partial charge in [-0.2, -0.15) is 0 Å². The standard InChI is InChI=1S/C14H18O5.C12H16O4/c1-10(15)12-5-6-13(14(9-12)17-3)19-8-4-7-18-11(2)16;1-9(14)10-4-5-11(12(8-10)15-2)16-7-3-6-13/h5-6,9H,4,7-8H2,1-3H3;4-5,8,13H,3,6-7H2,1-2H3. The second kappa shape index (κ2) is 16.1. The van der Waals surface area contributed by atoms with E-state index in [2.05, 4.69) is 0 Å². The third-order valence-electron chi connectivity index (χ3n) is 4.55. The number of esters is 1. The molecule has 0 aliphatic carbocycles. The Morgan fingerprint density at radius 3 is 1.51 bits per heavy atom. The van der Waals surface area contributed by atoms with Crippen LogP contribution in [0.1, 0.15) is 54.3 Å². The molecule has 2 aromatic carbocycles. The fourth-order valence-electron chi connectivity index (χ4n) is 2.72. The summed E-state index contributed by atoms with van der Waals surface area (Å²) in [6.45, 7) is 5.60. The maximum absolute atomic E-state index is 11.2. The maximum Gasteiger partial charge on any atom is 0.302 e. The van der Waals surface area contributed by atoms with Crippen LogP contribution < -0.4 is 18.9 Å². The monoisotopic (exact) mass is 490 g/mol. The number of hydrogen-bond donors (Lipinski definition) is 1. The molecule has 9 nitrogen and oxygen atoms in total. The van der Waals surface area contributed by atoms with Crippen LogP contribution in [-0.4, -0.2) is 63.3 Å². The van der Waals surface area contributed by atoms with Gasteiger partial charge in [0.2, 0.25) is 0 Å². The minimum atomic E-state index is -0.302. The van der Waals surface area contributed by atoms with Crippen molar-refractivity contribution in [3.8, 4) is 23.0 Å². The summed E-state index contributed by atoms with van der Waals surface area (Å²) in [5.41, 5.74) is 1.16. The molecule has 0 aliphatic rings. The van der Waals surface area contributed by atoms with Crippen molar-refractivity contribution in [2.75, 3.05) is 40.6 Å². The number of rotatable bonds is 13. The fraction of sp³-hybridized carbons (Fsp3) is 0.423. The smallest absolute Gasteiger partial charge is 0.302 e. The van der Waals surface area contributed by atoms with E-state index >= 15 is 0 Å². The molecule has 0 fully saturated rings. The lowest BCUT2D eigenvalue weighted by Crippen LogP contribution is -2.06. The van der Waals surface area contributed by atoms with Crippen molar-refractivity contribution in [2.24, 2.45) is 0 Å². The number of ether oxygens (including phenoxy) is 5. The predicted octanol–water partition coefficient (Wildman–Crippen LogP) is 3.89. The molecule has 9 heteroatoms. The van der Waals surface area contributed by atoms with E-state index in [4.69, 9.17) is 28.8 Å². The van der Waals surface area contributed by atoms with E-state index in [1.54, 1.807) is 36.4 Å². The molecule has 35 heavy (non-hydrogen) atoms. The molecule has 0 saturated carbocycles. The Hall–Kier alpha value is -3.59. The topological polar surface area (TPSA) is 118 Å². The molecule has 0 amide bonds. The van der Waals surface area contributed by atoms with Crippen molar-refractivity contribution >= 4 is 17.5 Å². The molecule has 192 valence electrons. The third-order valence-corrected chi connectivity index (χ3v) is 4.55. The van der Waals surface area contributed by atoms with Crippen molar-refractivity contribution in [1.82, 2.24) is 0 Å². The zero-order chi connectivity index (χ0) is 26.2. The summed E-state index contributed by atoms with van der Waals surface area (Å²) in [5.74, 6) is 1.85. The van der Waals surface area contributed by atoms with Gasteiger partial charge in [-0.1, -0.05) is 0 Å². The summed E-state index contributed by atoms with van der Waals surface area (Å²) >= 11 is 0. The summed E-state index contributed by atoms with van der Waals surface area (Å²) < 4.78 is 26.0. The zero-order valence-electron chi connectivity index (χ0n) is 20.9. The van der Waals surface area contributed by atoms with Gasteiger partial charge < -0.3 is 28.8 Å². The fourth-order valence-corrected chi connectivity index (χ4v) is 2.72. The Bertz CT molecular complexity index is 969. The Labute approximate surface area is 205 Å². The minimum absolute atomic E-state index is 0.0137. The molecule has 0 bridgehead atoms. The highest BCUT2D eigenvalue weighted by molar-refractivity contribution is 5.95. The van der Waals surface area contributed by atoms with Gasteiger partial charge in [0, 0.05) is 37.5 Å². The first-order valence-electron chi connectivity index (χ1n) is 11.1. The molecule has 0 atom stereocenters. The van der Waals surface area contributed by atoms with Crippen molar-refractivity contribution in [3.05, 3.63) is 47.5 Å². The lowest BCUT2D eigenvalue weighted by molar-refractivity contribution is -0.141. The van der Waals surface area contributed by atoms with Gasteiger partial charge in [0.25, 0.3) is 0 Å². The lowest BCUT2D eigenvalue weighted by Gasteiger charge is -2.11. The highest BCUT2D eigenvalue weighted by atomic mass is 16.5. The van der Waals surface area contributed by atoms with E-state index in [1.807, 2.05) is 0 Å². The van der Waals surface area contributed by atoms with Crippen LogP contribution in [-0.2, 0) is 9.53 Å². The van der Waals surface area contributed by atoms with Crippen LogP contribution >= 0.6 is 0 Å². The number of hydrogen-bond acceptors (Lipinski definition) is 9. The minimum Gasteiger partial charge on any atom is -0.493 e. The highest BCUT2D eigenvalue weighted by Gasteiger charge is 2.09. The number of aliphatic hydroxyl groups excluding tert-OH is 1. The van der Waals surface area contributed by atoms with E-state index in [0.29, 0.717) is 66.8 Å². The number of methoxy groups -OCH3 is 2. The predicted molar refractivity (Wildman–Crippen MR) is 130 cm³/mol. The SMILES string of the molecule is COc1cc(C(C)=O)ccc1OCCCO.COc1cc(C(C)=O)ccc1OCCCOC(C)=O. The second-order valence-corrected chi connectivity index (χ2v) is 7.31. The number of carbonyl (C=O) groups excluding carboxylic acids is 3. The molecule has 0 spiro atoms. The van der Waals surface area contributed by atoms with Gasteiger partial charge in [-0.05, 0) is 50.2 Å². The van der Waals surface area contributed by atoms with Crippen molar-refractivity contribution in [3.63, 3.8) is 0 Å². The summed E-state index contributed by atoms with van der Waals surface area (Å²) in [5, 5.41) is 8.63. The Morgan fingerprint density at radius 2 is 1.14 bits per heavy atom. The third kappa shape index (κ3) is 10.9. The molecule has 0 aliphatic heterocycles. The molecule has 2 rings (SSSR count). The Kier molecular flexibility index (Phi) is 13.5. The van der Waals surface area contributed by atoms with Crippen LogP contribution in [0.2, 0.25) is 0 Å². The first-order chi connectivity index (χ1) is 16.7. The van der Waals surface area contributed by atoms with E-state index < -0.39 is 0 Å². The van der Waals surface area contributed by atoms with Gasteiger partial charge in [-0.15, -0.1) is 0 Å². The Morgan fingerprint density at radius 1 is 0.686 bits per heavy atom. The van der Waals surface area contributed by atoms with E-state index in [0.717, 1.165) is 0 Å². The maximum atomic E-state index is 11.2. The van der Waals surface area contributed by atoms with Crippen molar-refractivity contribution < 1.29 is 43.2 Å². The molecule has 2 aromatic rings. The molecule has 0 saturated heterocycles. The van der Waals surface area contributed by atoms with Crippen LogP contribution in [0.25, 0.3) is 0 Å². The van der Waals surface area contributed by atoms with Gasteiger partial charge in [-0.25, -0.2) is 0 Å². The summed E-state index contributed by atoms with van der Waals surface area (Å²) in [7, 11) is 3.04. The molecular weight excluding hydrogens is 456 g/mol. The number of aliphatic hydroxyl groups is 1. The average molecular weight is 491 g/mol. The van der Waals surface area contributed by atoms with Crippen LogP contribution in [0.15, 0.2) is 36.4 Å². The zero-order valence-corrected chi connectivity index (χ0v) is 20.9. The average Bonchev–Trinajstić information content (AvgIpc) is 2.84. The van der Waals surface area contributed by atoms with Gasteiger partial charge in [0.15, 0.2) is 34.6 Å². The van der Waals surface area contributed by atoms with Gasteiger partial charge >= 0.3 is 5.97 Å². The summed E-state index contributed by atoms with van der Waals surface area (Å²) in [6, 6.07) is 10.1. The highest BCUT2D eigenvalue weighted by Crippen LogP contribution is 2.29. The van der Waals surface area contributed by atoms with E-state index in [9.17, 15) is 14.4 Å².